The Balaban J connectivity index is -0.0000000800. The molecule has 0 atom stereocenters. The monoisotopic (exact) mass is 327 g/mol. The van der Waals surface area contributed by atoms with Crippen LogP contribution in [0.3, 0.4) is 0 Å². The summed E-state index contributed by atoms with van der Waals surface area (Å²) in [5.41, 5.74) is 0. The van der Waals surface area contributed by atoms with E-state index in [2.05, 4.69) is 0 Å². The minimum absolute atomic E-state index is 0. The van der Waals surface area contributed by atoms with E-state index in [1.807, 2.05) is 0 Å². The Hall–Kier alpha value is 0.713. The van der Waals surface area contributed by atoms with Gasteiger partial charge in [-0.15, -0.1) is 0 Å². The van der Waals surface area contributed by atoms with Gasteiger partial charge in [-0.1, -0.05) is 0 Å². The molecule has 0 rings (SSSR count). The van der Waals surface area contributed by atoms with Gasteiger partial charge in [0.15, 0.2) is 0 Å². The van der Waals surface area contributed by atoms with Crippen LogP contribution >= 0.6 is 0 Å². The van der Waals surface area contributed by atoms with E-state index in [0.717, 1.165) is 0 Å². The van der Waals surface area contributed by atoms with E-state index in [4.69, 9.17) is 17.5 Å². The average molecular weight is 327 g/mol. The third kappa shape index (κ3) is 293. The van der Waals surface area contributed by atoms with Crippen LogP contribution in [0.2, 0.25) is 0 Å². The zero-order valence-corrected chi connectivity index (χ0v) is 9.85. The van der Waals surface area contributed by atoms with Crippen LogP contribution in [0.15, 0.2) is 0 Å². The molecule has 0 aliphatic carbocycles. The van der Waals surface area contributed by atoms with Crippen molar-refractivity contribution in [1.82, 2.24) is 6.15 Å². The molecule has 0 aromatic carbocycles. The van der Waals surface area contributed by atoms with Gasteiger partial charge in [-0.05, 0) is 0 Å². The van der Waals surface area contributed by atoms with Crippen LogP contribution < -0.4 is 6.15 Å². The van der Waals surface area contributed by atoms with E-state index in [9.17, 15) is 0 Å². The molecule has 5 N–H and O–H groups in total. The standard InChI is InChI=1S/Bi.H3N.H2O4S.3H/c;;1-5(2,3)4;;;/h;1H3;(H2,1,2,3,4);;;. The summed E-state index contributed by atoms with van der Waals surface area (Å²) in [6.45, 7) is 0. The number of rotatable bonds is 0. The first kappa shape index (κ1) is 15.6. The third-order valence-electron chi connectivity index (χ3n) is 0. The Kier molecular flexibility index (Phi) is 10.9. The minimum atomic E-state index is -4.67. The molecule has 0 bridgehead atoms. The van der Waals surface area contributed by atoms with Crippen LogP contribution in [0.1, 0.15) is 0 Å². The summed E-state index contributed by atoms with van der Waals surface area (Å²) in [5, 5.41) is 0. The molecule has 0 aromatic heterocycles. The first-order chi connectivity index (χ1) is 2.00. The van der Waals surface area contributed by atoms with Crippen molar-refractivity contribution in [2.24, 2.45) is 0 Å². The third-order valence-corrected chi connectivity index (χ3v) is 0. The molecule has 0 aliphatic heterocycles. The predicted octanol–water partition coefficient (Wildman–Crippen LogP) is -1.67. The Morgan fingerprint density at radius 2 is 1.14 bits per heavy atom. The molecular weight excluding hydrogens is 319 g/mol. The Morgan fingerprint density at radius 3 is 1.14 bits per heavy atom. The maximum absolute atomic E-state index is 8.74. The van der Waals surface area contributed by atoms with Gasteiger partial charge in [0.2, 0.25) is 0 Å². The van der Waals surface area contributed by atoms with Gasteiger partial charge in [0.05, 0.1) is 0 Å². The van der Waals surface area contributed by atoms with Gasteiger partial charge in [-0.2, -0.15) is 8.42 Å². The molecule has 0 aliphatic rings. The first-order valence-electron chi connectivity index (χ1n) is 0.698. The predicted molar refractivity (Wildman–Crippen MR) is 29.1 cm³/mol. The maximum atomic E-state index is 8.74. The Bertz CT molecular complexity index is 94.9. The quantitative estimate of drug-likeness (QED) is 0.364. The molecule has 0 saturated heterocycles. The molecule has 0 unspecified atom stereocenters. The summed E-state index contributed by atoms with van der Waals surface area (Å²) in [6, 6.07) is 0. The van der Waals surface area contributed by atoms with Crippen molar-refractivity contribution < 1.29 is 17.5 Å². The summed E-state index contributed by atoms with van der Waals surface area (Å²) in [7, 11) is -4.67. The summed E-state index contributed by atoms with van der Waals surface area (Å²) in [6.07, 6.45) is 0. The molecular formula is H8BiNO4S. The van der Waals surface area contributed by atoms with Crippen LogP contribution in [0.4, 0.5) is 0 Å². The molecule has 7 heteroatoms. The van der Waals surface area contributed by atoms with E-state index in [1.54, 1.807) is 0 Å². The van der Waals surface area contributed by atoms with Gasteiger partial charge in [0.25, 0.3) is 0 Å². The summed E-state index contributed by atoms with van der Waals surface area (Å²) in [4.78, 5) is 0. The second kappa shape index (κ2) is 4.86. The van der Waals surface area contributed by atoms with Gasteiger partial charge >= 0.3 is 36.6 Å². The molecule has 0 heterocycles. The van der Waals surface area contributed by atoms with Crippen LogP contribution in [0.25, 0.3) is 0 Å². The molecule has 0 amide bonds. The van der Waals surface area contributed by atoms with Gasteiger partial charge in [-0.25, -0.2) is 0 Å². The van der Waals surface area contributed by atoms with Crippen LogP contribution in [0.5, 0.6) is 0 Å². The summed E-state index contributed by atoms with van der Waals surface area (Å²) < 4.78 is 31.6. The summed E-state index contributed by atoms with van der Waals surface area (Å²) in [5.74, 6) is 0. The van der Waals surface area contributed by atoms with Gasteiger partial charge < -0.3 is 6.15 Å². The first-order valence-corrected chi connectivity index (χ1v) is 2.10. The van der Waals surface area contributed by atoms with Gasteiger partial charge in [0.1, 0.15) is 0 Å². The fourth-order valence-corrected chi connectivity index (χ4v) is 0. The molecule has 48 valence electrons. The topological polar surface area (TPSA) is 110 Å². The molecule has 0 saturated carbocycles. The number of hydrogen-bond acceptors (Lipinski definition) is 3. The van der Waals surface area contributed by atoms with E-state index < -0.39 is 10.4 Å². The van der Waals surface area contributed by atoms with Crippen molar-refractivity contribution in [1.29, 1.82) is 0 Å². The second-order valence-corrected chi connectivity index (χ2v) is 1.34. The van der Waals surface area contributed by atoms with E-state index in [1.165, 1.54) is 0 Å². The van der Waals surface area contributed by atoms with Crippen LogP contribution in [0, 0.1) is 0 Å². The Morgan fingerprint density at radius 1 is 1.14 bits per heavy atom. The molecule has 0 aromatic rings. The van der Waals surface area contributed by atoms with Crippen LogP contribution in [-0.2, 0) is 10.4 Å². The fourth-order valence-electron chi connectivity index (χ4n) is 0. The van der Waals surface area contributed by atoms with Crippen molar-refractivity contribution in [3.8, 4) is 0 Å². The second-order valence-electron chi connectivity index (χ2n) is 0.448. The van der Waals surface area contributed by atoms with Crippen molar-refractivity contribution in [3.05, 3.63) is 0 Å². The zero-order valence-electron chi connectivity index (χ0n) is 3.53. The van der Waals surface area contributed by atoms with Crippen molar-refractivity contribution in [2.75, 3.05) is 0 Å². The molecule has 7 heavy (non-hydrogen) atoms. The molecule has 0 radical (unpaired) electrons. The van der Waals surface area contributed by atoms with Gasteiger partial charge in [-0.3, -0.25) is 9.11 Å². The molecule has 0 spiro atoms. The van der Waals surface area contributed by atoms with E-state index >= 15 is 0 Å². The van der Waals surface area contributed by atoms with Crippen molar-refractivity contribution in [3.63, 3.8) is 0 Å². The van der Waals surface area contributed by atoms with E-state index in [-0.39, 0.29) is 32.4 Å². The van der Waals surface area contributed by atoms with Crippen LogP contribution in [-0.4, -0.2) is 43.7 Å². The average Bonchev–Trinajstić information content (AvgIpc) is 0.722. The molecule has 5 nitrogen and oxygen atoms in total. The molecule has 0 fully saturated rings. The SMILES string of the molecule is N.O=S(=O)(O)O.[BiH3]. The number of hydrogen-bond donors (Lipinski definition) is 3. The Labute approximate surface area is 60.4 Å². The zero-order chi connectivity index (χ0) is 4.50. The van der Waals surface area contributed by atoms with Gasteiger partial charge in [0, 0.05) is 0 Å². The van der Waals surface area contributed by atoms with Crippen molar-refractivity contribution >= 4 is 36.6 Å². The summed E-state index contributed by atoms with van der Waals surface area (Å²) >= 11 is 0. The normalized spacial score (nSPS) is 8.29. The van der Waals surface area contributed by atoms with Crippen molar-refractivity contribution in [2.45, 2.75) is 0 Å². The van der Waals surface area contributed by atoms with E-state index in [0.29, 0.717) is 0 Å². The fraction of sp³-hybridized carbons (Fsp3) is 0.